The molecule has 6 heteroatoms. The molecule has 0 saturated heterocycles. The van der Waals surface area contributed by atoms with Gasteiger partial charge in [-0.05, 0) is 48.0 Å². The number of nitrogens with one attached hydrogen (secondary N) is 1. The van der Waals surface area contributed by atoms with Crippen LogP contribution in [-0.4, -0.2) is 5.91 Å². The third-order valence-corrected chi connectivity index (χ3v) is 3.91. The molecule has 120 valence electrons. The van der Waals surface area contributed by atoms with Crippen LogP contribution in [0.5, 0.6) is 0 Å². The van der Waals surface area contributed by atoms with Crippen LogP contribution in [0.15, 0.2) is 59.1 Å². The number of amides is 1. The van der Waals surface area contributed by atoms with E-state index in [9.17, 15) is 4.79 Å². The monoisotopic (exact) mass is 387 g/mol. The standard InChI is InChI=1S/C17H13Cl4NO/c18-13-3-1-11(2-4-13)12(9-16(20)21)10-17(23)22-15-7-5-14(19)6-8-15/h1-9,12H,10H2,(H,22,23). The van der Waals surface area contributed by atoms with Gasteiger partial charge < -0.3 is 5.32 Å². The zero-order valence-electron chi connectivity index (χ0n) is 11.9. The third kappa shape index (κ3) is 6.08. The first-order valence-corrected chi connectivity index (χ1v) is 8.29. The van der Waals surface area contributed by atoms with Crippen molar-refractivity contribution < 1.29 is 4.79 Å². The Kier molecular flexibility index (Phi) is 6.79. The van der Waals surface area contributed by atoms with E-state index in [2.05, 4.69) is 5.32 Å². The first-order valence-electron chi connectivity index (χ1n) is 6.78. The van der Waals surface area contributed by atoms with E-state index in [1.54, 1.807) is 42.5 Å². The Hall–Kier alpha value is -1.19. The van der Waals surface area contributed by atoms with Gasteiger partial charge in [-0.15, -0.1) is 0 Å². The predicted octanol–water partition coefficient (Wildman–Crippen LogP) is 6.42. The van der Waals surface area contributed by atoms with Crippen LogP contribution < -0.4 is 5.32 Å². The quantitative estimate of drug-likeness (QED) is 0.628. The molecule has 1 N–H and O–H groups in total. The molecular weight excluding hydrogens is 376 g/mol. The highest BCUT2D eigenvalue weighted by Gasteiger charge is 2.15. The number of halogens is 4. The van der Waals surface area contributed by atoms with Gasteiger partial charge in [0.2, 0.25) is 5.91 Å². The number of benzene rings is 2. The molecule has 1 unspecified atom stereocenters. The minimum Gasteiger partial charge on any atom is -0.326 e. The van der Waals surface area contributed by atoms with Crippen LogP contribution in [0.2, 0.25) is 10.0 Å². The number of anilines is 1. The van der Waals surface area contributed by atoms with Crippen molar-refractivity contribution in [2.24, 2.45) is 0 Å². The van der Waals surface area contributed by atoms with Gasteiger partial charge >= 0.3 is 0 Å². The van der Waals surface area contributed by atoms with E-state index in [4.69, 9.17) is 46.4 Å². The first-order chi connectivity index (χ1) is 10.9. The Balaban J connectivity index is 2.11. The molecule has 0 aliphatic heterocycles. The Morgan fingerprint density at radius 2 is 1.48 bits per heavy atom. The molecule has 0 aliphatic carbocycles. The van der Waals surface area contributed by atoms with E-state index < -0.39 is 0 Å². The van der Waals surface area contributed by atoms with Gasteiger partial charge in [0.1, 0.15) is 4.49 Å². The Bertz CT molecular complexity index is 692. The summed E-state index contributed by atoms with van der Waals surface area (Å²) in [6.45, 7) is 0. The number of carbonyl (C=O) groups is 1. The summed E-state index contributed by atoms with van der Waals surface area (Å²) in [6, 6.07) is 14.1. The number of rotatable bonds is 5. The van der Waals surface area contributed by atoms with E-state index in [1.807, 2.05) is 12.1 Å². The van der Waals surface area contributed by atoms with E-state index in [0.29, 0.717) is 15.7 Å². The van der Waals surface area contributed by atoms with Crippen LogP contribution in [0.3, 0.4) is 0 Å². The second-order valence-electron chi connectivity index (χ2n) is 4.87. The van der Waals surface area contributed by atoms with Crippen molar-refractivity contribution in [3.8, 4) is 0 Å². The van der Waals surface area contributed by atoms with E-state index in [-0.39, 0.29) is 22.7 Å². The maximum absolute atomic E-state index is 12.2. The molecule has 1 amide bonds. The summed E-state index contributed by atoms with van der Waals surface area (Å²) >= 11 is 23.3. The number of allylic oxidation sites excluding steroid dienone is 1. The number of hydrogen-bond donors (Lipinski definition) is 1. The second-order valence-corrected chi connectivity index (χ2v) is 6.75. The molecule has 0 saturated carbocycles. The van der Waals surface area contributed by atoms with Crippen LogP contribution in [0, 0.1) is 0 Å². The molecule has 0 bridgehead atoms. The lowest BCUT2D eigenvalue weighted by Crippen LogP contribution is -2.15. The highest BCUT2D eigenvalue weighted by atomic mass is 35.5. The fourth-order valence-electron chi connectivity index (χ4n) is 2.08. The van der Waals surface area contributed by atoms with Crippen LogP contribution in [0.1, 0.15) is 17.9 Å². The average molecular weight is 389 g/mol. The molecule has 0 fully saturated rings. The molecule has 0 spiro atoms. The minimum atomic E-state index is -0.246. The van der Waals surface area contributed by atoms with E-state index >= 15 is 0 Å². The molecule has 0 aliphatic rings. The van der Waals surface area contributed by atoms with Crippen molar-refractivity contribution in [2.75, 3.05) is 5.32 Å². The van der Waals surface area contributed by atoms with Crippen molar-refractivity contribution in [1.82, 2.24) is 0 Å². The third-order valence-electron chi connectivity index (χ3n) is 3.16. The fraction of sp³-hybridized carbons (Fsp3) is 0.118. The van der Waals surface area contributed by atoms with Gasteiger partial charge in [-0.3, -0.25) is 4.79 Å². The van der Waals surface area contributed by atoms with Crippen molar-refractivity contribution in [2.45, 2.75) is 12.3 Å². The van der Waals surface area contributed by atoms with Gasteiger partial charge in [0.05, 0.1) is 0 Å². The lowest BCUT2D eigenvalue weighted by Gasteiger charge is -2.14. The predicted molar refractivity (Wildman–Crippen MR) is 98.7 cm³/mol. The first kappa shape index (κ1) is 18.2. The highest BCUT2D eigenvalue weighted by molar-refractivity contribution is 6.55. The summed E-state index contributed by atoms with van der Waals surface area (Å²) in [5, 5.41) is 4.05. The molecule has 2 rings (SSSR count). The molecule has 23 heavy (non-hydrogen) atoms. The topological polar surface area (TPSA) is 29.1 Å². The van der Waals surface area contributed by atoms with Crippen LogP contribution in [-0.2, 0) is 4.79 Å². The van der Waals surface area contributed by atoms with Gasteiger partial charge in [0.25, 0.3) is 0 Å². The molecule has 2 aromatic rings. The van der Waals surface area contributed by atoms with Crippen molar-refractivity contribution in [1.29, 1.82) is 0 Å². The van der Waals surface area contributed by atoms with E-state index in [0.717, 1.165) is 5.56 Å². The second kappa shape index (κ2) is 8.60. The van der Waals surface area contributed by atoms with Gasteiger partial charge in [0.15, 0.2) is 0 Å². The summed E-state index contributed by atoms with van der Waals surface area (Å²) in [5.74, 6) is -0.400. The summed E-state index contributed by atoms with van der Waals surface area (Å²) in [7, 11) is 0. The van der Waals surface area contributed by atoms with Crippen LogP contribution in [0.4, 0.5) is 5.69 Å². The van der Waals surface area contributed by atoms with Gasteiger partial charge in [0, 0.05) is 28.1 Å². The van der Waals surface area contributed by atoms with Crippen molar-refractivity contribution >= 4 is 58.0 Å². The van der Waals surface area contributed by atoms with Crippen molar-refractivity contribution in [3.63, 3.8) is 0 Å². The summed E-state index contributed by atoms with van der Waals surface area (Å²) < 4.78 is 0.115. The number of hydrogen-bond acceptors (Lipinski definition) is 1. The van der Waals surface area contributed by atoms with Crippen LogP contribution >= 0.6 is 46.4 Å². The Labute approximate surface area is 155 Å². The summed E-state index contributed by atoms with van der Waals surface area (Å²) in [5.41, 5.74) is 1.58. The molecule has 1 atom stereocenters. The van der Waals surface area contributed by atoms with Gasteiger partial charge in [-0.25, -0.2) is 0 Å². The molecule has 0 heterocycles. The lowest BCUT2D eigenvalue weighted by atomic mass is 9.95. The fourth-order valence-corrected chi connectivity index (χ4v) is 2.64. The average Bonchev–Trinajstić information content (AvgIpc) is 2.49. The number of carbonyl (C=O) groups excluding carboxylic acids is 1. The zero-order valence-corrected chi connectivity index (χ0v) is 14.9. The van der Waals surface area contributed by atoms with Crippen molar-refractivity contribution in [3.05, 3.63) is 74.7 Å². The minimum absolute atomic E-state index is 0.115. The van der Waals surface area contributed by atoms with Gasteiger partial charge in [-0.2, -0.15) is 0 Å². The lowest BCUT2D eigenvalue weighted by molar-refractivity contribution is -0.116. The Morgan fingerprint density at radius 3 is 2.00 bits per heavy atom. The normalized spacial score (nSPS) is 11.7. The smallest absolute Gasteiger partial charge is 0.225 e. The molecule has 0 radical (unpaired) electrons. The highest BCUT2D eigenvalue weighted by Crippen LogP contribution is 2.27. The molecule has 0 aromatic heterocycles. The zero-order chi connectivity index (χ0) is 16.8. The maximum atomic E-state index is 12.2. The van der Waals surface area contributed by atoms with Gasteiger partial charge in [-0.1, -0.05) is 58.5 Å². The summed E-state index contributed by atoms with van der Waals surface area (Å²) in [6.07, 6.45) is 1.83. The van der Waals surface area contributed by atoms with Crippen LogP contribution in [0.25, 0.3) is 0 Å². The summed E-state index contributed by atoms with van der Waals surface area (Å²) in [4.78, 5) is 12.2. The molecule has 2 nitrogen and oxygen atoms in total. The maximum Gasteiger partial charge on any atom is 0.225 e. The van der Waals surface area contributed by atoms with E-state index in [1.165, 1.54) is 0 Å². The SMILES string of the molecule is O=C(CC(C=C(Cl)Cl)c1ccc(Cl)cc1)Nc1ccc(Cl)cc1. The largest absolute Gasteiger partial charge is 0.326 e. The molecular formula is C17H13Cl4NO. The molecule has 2 aromatic carbocycles. The Morgan fingerprint density at radius 1 is 0.957 bits per heavy atom.